The quantitative estimate of drug-likeness (QED) is 0.734. The molecule has 4 rings (SSSR count). The molecule has 2 nitrogen and oxygen atoms in total. The van der Waals surface area contributed by atoms with E-state index in [1.165, 1.54) is 33.5 Å². The van der Waals surface area contributed by atoms with Gasteiger partial charge in [-0.15, -0.1) is 0 Å². The molecule has 0 saturated carbocycles. The minimum atomic E-state index is 0.937. The first-order valence-electron chi connectivity index (χ1n) is 7.30. The molecule has 0 bridgehead atoms. The van der Waals surface area contributed by atoms with Crippen LogP contribution >= 0.6 is 0 Å². The lowest BCUT2D eigenvalue weighted by molar-refractivity contribution is 0.414. The molecule has 104 valence electrons. The molecule has 0 amide bonds. The molecule has 1 aliphatic carbocycles. The number of aromatic nitrogens is 1. The summed E-state index contributed by atoms with van der Waals surface area (Å²) in [4.78, 5) is 3.48. The van der Waals surface area contributed by atoms with Crippen LogP contribution in [0.5, 0.6) is 5.75 Å². The van der Waals surface area contributed by atoms with Crippen molar-refractivity contribution in [2.24, 2.45) is 0 Å². The molecule has 1 aliphatic rings. The van der Waals surface area contributed by atoms with Crippen LogP contribution in [0.1, 0.15) is 11.1 Å². The lowest BCUT2D eigenvalue weighted by Gasteiger charge is -2.18. The number of fused-ring (bicyclic) bond motifs is 3. The number of hydrogen-bond donors (Lipinski definition) is 1. The van der Waals surface area contributed by atoms with E-state index in [1.807, 2.05) is 6.07 Å². The molecule has 0 saturated heterocycles. The van der Waals surface area contributed by atoms with E-state index in [4.69, 9.17) is 4.74 Å². The number of nitrogens with one attached hydrogen (secondary N) is 1. The fraction of sp³-hybridized carbons (Fsp3) is 0.158. The van der Waals surface area contributed by atoms with E-state index in [-0.39, 0.29) is 0 Å². The van der Waals surface area contributed by atoms with Gasteiger partial charge in [0.1, 0.15) is 5.75 Å². The Kier molecular flexibility index (Phi) is 2.81. The van der Waals surface area contributed by atoms with Crippen molar-refractivity contribution in [3.05, 3.63) is 65.9 Å². The molecule has 0 unspecified atom stereocenters. The fourth-order valence-corrected chi connectivity index (χ4v) is 3.24. The highest BCUT2D eigenvalue weighted by atomic mass is 16.5. The average molecular weight is 275 g/mol. The van der Waals surface area contributed by atoms with Crippen molar-refractivity contribution in [3.8, 4) is 28.1 Å². The lowest BCUT2D eigenvalue weighted by Crippen LogP contribution is -2.03. The van der Waals surface area contributed by atoms with Crippen LogP contribution in [-0.4, -0.2) is 12.1 Å². The Morgan fingerprint density at radius 3 is 2.62 bits per heavy atom. The molecule has 1 heterocycles. The summed E-state index contributed by atoms with van der Waals surface area (Å²) in [6, 6.07) is 17.0. The van der Waals surface area contributed by atoms with Crippen LogP contribution in [0.15, 0.2) is 54.7 Å². The van der Waals surface area contributed by atoms with Crippen LogP contribution in [0.3, 0.4) is 0 Å². The van der Waals surface area contributed by atoms with Gasteiger partial charge in [0.05, 0.1) is 7.11 Å². The van der Waals surface area contributed by atoms with Gasteiger partial charge in [-0.05, 0) is 47.7 Å². The summed E-state index contributed by atoms with van der Waals surface area (Å²) in [7, 11) is 1.72. The zero-order valence-corrected chi connectivity index (χ0v) is 12.0. The van der Waals surface area contributed by atoms with Crippen LogP contribution in [0.4, 0.5) is 0 Å². The summed E-state index contributed by atoms with van der Waals surface area (Å²) in [6.45, 7) is 0. The minimum absolute atomic E-state index is 0.937. The standard InChI is InChI=1S/C19H17NO/c1-21-15-8-10-16-14(11-15)7-9-17-18(12-20-19(16)17)13-5-3-2-4-6-13/h2-6,8,10-12,20H,7,9H2,1H3. The van der Waals surface area contributed by atoms with Crippen molar-refractivity contribution >= 4 is 0 Å². The molecule has 21 heavy (non-hydrogen) atoms. The highest BCUT2D eigenvalue weighted by Crippen LogP contribution is 2.39. The molecule has 0 fully saturated rings. The third-order valence-electron chi connectivity index (χ3n) is 4.30. The van der Waals surface area contributed by atoms with Crippen molar-refractivity contribution in [3.63, 3.8) is 0 Å². The van der Waals surface area contributed by atoms with Gasteiger partial charge in [0.15, 0.2) is 0 Å². The highest BCUT2D eigenvalue weighted by Gasteiger charge is 2.21. The second kappa shape index (κ2) is 4.81. The van der Waals surface area contributed by atoms with Crippen molar-refractivity contribution < 1.29 is 4.74 Å². The number of methoxy groups -OCH3 is 1. The first-order valence-corrected chi connectivity index (χ1v) is 7.30. The lowest BCUT2D eigenvalue weighted by atomic mass is 9.87. The second-order valence-corrected chi connectivity index (χ2v) is 5.45. The molecule has 0 radical (unpaired) electrons. The van der Waals surface area contributed by atoms with Gasteiger partial charge < -0.3 is 9.72 Å². The first kappa shape index (κ1) is 12.3. The molecule has 0 spiro atoms. The van der Waals surface area contributed by atoms with Crippen molar-refractivity contribution in [1.29, 1.82) is 0 Å². The monoisotopic (exact) mass is 275 g/mol. The maximum atomic E-state index is 5.33. The van der Waals surface area contributed by atoms with Gasteiger partial charge in [-0.2, -0.15) is 0 Å². The molecule has 2 heteroatoms. The van der Waals surface area contributed by atoms with E-state index in [1.54, 1.807) is 7.11 Å². The van der Waals surface area contributed by atoms with Gasteiger partial charge in [0.25, 0.3) is 0 Å². The predicted molar refractivity (Wildman–Crippen MR) is 85.6 cm³/mol. The van der Waals surface area contributed by atoms with E-state index in [0.717, 1.165) is 18.6 Å². The van der Waals surface area contributed by atoms with Crippen molar-refractivity contribution in [1.82, 2.24) is 4.98 Å². The number of aromatic amines is 1. The Balaban J connectivity index is 1.85. The molecular weight excluding hydrogens is 258 g/mol. The van der Waals surface area contributed by atoms with Gasteiger partial charge in [0.2, 0.25) is 0 Å². The van der Waals surface area contributed by atoms with Crippen LogP contribution < -0.4 is 4.74 Å². The summed E-state index contributed by atoms with van der Waals surface area (Å²) in [5.74, 6) is 0.937. The van der Waals surface area contributed by atoms with Crippen LogP contribution in [0, 0.1) is 0 Å². The Morgan fingerprint density at radius 1 is 0.952 bits per heavy atom. The molecule has 1 N–H and O–H groups in total. The fourth-order valence-electron chi connectivity index (χ4n) is 3.24. The van der Waals surface area contributed by atoms with E-state index in [2.05, 4.69) is 53.6 Å². The van der Waals surface area contributed by atoms with Gasteiger partial charge >= 0.3 is 0 Å². The number of aryl methyl sites for hydroxylation is 1. The van der Waals surface area contributed by atoms with Gasteiger partial charge in [-0.25, -0.2) is 0 Å². The van der Waals surface area contributed by atoms with E-state index in [9.17, 15) is 0 Å². The zero-order valence-electron chi connectivity index (χ0n) is 12.0. The molecule has 2 aromatic carbocycles. The van der Waals surface area contributed by atoms with Gasteiger partial charge in [-0.3, -0.25) is 0 Å². The molecule has 3 aromatic rings. The molecular formula is C19H17NO. The summed E-state index contributed by atoms with van der Waals surface area (Å²) < 4.78 is 5.33. The van der Waals surface area contributed by atoms with Gasteiger partial charge in [-0.1, -0.05) is 30.3 Å². The average Bonchev–Trinajstić information content (AvgIpc) is 2.99. The smallest absolute Gasteiger partial charge is 0.119 e. The second-order valence-electron chi connectivity index (χ2n) is 5.45. The maximum Gasteiger partial charge on any atom is 0.119 e. The van der Waals surface area contributed by atoms with E-state index >= 15 is 0 Å². The summed E-state index contributed by atoms with van der Waals surface area (Å²) in [6.07, 6.45) is 4.28. The minimum Gasteiger partial charge on any atom is -0.497 e. The number of hydrogen-bond acceptors (Lipinski definition) is 1. The van der Waals surface area contributed by atoms with Crippen LogP contribution in [0.25, 0.3) is 22.4 Å². The third kappa shape index (κ3) is 1.95. The third-order valence-corrected chi connectivity index (χ3v) is 4.30. The first-order chi connectivity index (χ1) is 10.4. The maximum absolute atomic E-state index is 5.33. The zero-order chi connectivity index (χ0) is 14.2. The van der Waals surface area contributed by atoms with E-state index in [0.29, 0.717) is 0 Å². The van der Waals surface area contributed by atoms with Crippen molar-refractivity contribution in [2.45, 2.75) is 12.8 Å². The normalized spacial score (nSPS) is 12.6. The number of H-pyrrole nitrogens is 1. The van der Waals surface area contributed by atoms with Crippen LogP contribution in [0.2, 0.25) is 0 Å². The van der Waals surface area contributed by atoms with E-state index < -0.39 is 0 Å². The topological polar surface area (TPSA) is 25.0 Å². The SMILES string of the molecule is COc1ccc2c(c1)CCc1c(-c3ccccc3)c[nH]c1-2. The summed E-state index contributed by atoms with van der Waals surface area (Å²) >= 11 is 0. The Morgan fingerprint density at radius 2 is 1.81 bits per heavy atom. The largest absolute Gasteiger partial charge is 0.497 e. The number of rotatable bonds is 2. The predicted octanol–water partition coefficient (Wildman–Crippen LogP) is 4.46. The Labute approximate surface area is 124 Å². The van der Waals surface area contributed by atoms with Crippen LogP contribution in [-0.2, 0) is 12.8 Å². The summed E-state index contributed by atoms with van der Waals surface area (Å²) in [5, 5.41) is 0. The Hall–Kier alpha value is -2.48. The number of benzene rings is 2. The molecule has 0 aliphatic heterocycles. The highest BCUT2D eigenvalue weighted by molar-refractivity contribution is 5.80. The van der Waals surface area contributed by atoms with Crippen molar-refractivity contribution in [2.75, 3.05) is 7.11 Å². The summed E-state index contributed by atoms with van der Waals surface area (Å²) in [5.41, 5.74) is 7.97. The molecule has 0 atom stereocenters. The number of ether oxygens (including phenoxy) is 1. The Bertz CT molecular complexity index is 787. The molecule has 1 aromatic heterocycles. The van der Waals surface area contributed by atoms with Gasteiger partial charge in [0, 0.05) is 23.0 Å².